The fourth-order valence-corrected chi connectivity index (χ4v) is 4.48. The molecule has 5 atom stereocenters. The highest BCUT2D eigenvalue weighted by atomic mass is 16.6. The van der Waals surface area contributed by atoms with Crippen molar-refractivity contribution in [3.63, 3.8) is 0 Å². The Hall–Kier alpha value is -3.87. The molecule has 1 fully saturated rings. The summed E-state index contributed by atoms with van der Waals surface area (Å²) in [6.45, 7) is 6.71. The van der Waals surface area contributed by atoms with E-state index in [2.05, 4.69) is 21.8 Å². The standard InChI is InChI=1S/C26H32N6O6/c1-15(2)21(27)25(35)37-22-18(12-36-20(33)11-16-7-5-4-6-8-16)38-26(13-29-3,23(22)34)19-10-9-17-24(28)30-14-31-32(17)19/h4-10,14-15,18,21-23,34H,3,11-13,27H2,1-2H3,(H2,28,30,31)/t18-,21+,22-,23-,26+/m1/s1. The molecule has 12 heteroatoms. The monoisotopic (exact) mass is 524 g/mol. The molecule has 4 rings (SSSR count). The zero-order valence-electron chi connectivity index (χ0n) is 21.3. The number of nitrogens with two attached hydrogens (primary N) is 2. The number of carbonyl (C=O) groups is 2. The highest BCUT2D eigenvalue weighted by Gasteiger charge is 2.59. The number of ether oxygens (including phenoxy) is 3. The summed E-state index contributed by atoms with van der Waals surface area (Å²) in [6.07, 6.45) is -2.41. The molecule has 5 N–H and O–H groups in total. The van der Waals surface area contributed by atoms with Gasteiger partial charge in [-0.15, -0.1) is 0 Å². The first kappa shape index (κ1) is 27.2. The smallest absolute Gasteiger partial charge is 0.323 e. The molecule has 0 amide bonds. The van der Waals surface area contributed by atoms with Gasteiger partial charge in [0.25, 0.3) is 0 Å². The largest absolute Gasteiger partial charge is 0.463 e. The van der Waals surface area contributed by atoms with E-state index in [9.17, 15) is 14.7 Å². The maximum absolute atomic E-state index is 12.8. The van der Waals surface area contributed by atoms with Crippen molar-refractivity contribution < 1.29 is 28.9 Å². The summed E-state index contributed by atoms with van der Waals surface area (Å²) in [4.78, 5) is 33.4. The summed E-state index contributed by atoms with van der Waals surface area (Å²) in [5.41, 5.74) is 12.1. The van der Waals surface area contributed by atoms with Crippen LogP contribution in [0.5, 0.6) is 0 Å². The van der Waals surface area contributed by atoms with Gasteiger partial charge in [-0.05, 0) is 30.3 Å². The number of carbonyl (C=O) groups excluding carboxylic acids is 2. The summed E-state index contributed by atoms with van der Waals surface area (Å²) in [7, 11) is 0. The molecule has 12 nitrogen and oxygen atoms in total. The first-order valence-corrected chi connectivity index (χ1v) is 12.2. The van der Waals surface area contributed by atoms with Crippen molar-refractivity contribution in [3.8, 4) is 0 Å². The Kier molecular flexibility index (Phi) is 8.05. The summed E-state index contributed by atoms with van der Waals surface area (Å²) in [6, 6.07) is 11.5. The Morgan fingerprint density at radius 2 is 2.00 bits per heavy atom. The Labute approximate surface area is 219 Å². The molecule has 38 heavy (non-hydrogen) atoms. The van der Waals surface area contributed by atoms with E-state index in [1.54, 1.807) is 38.1 Å². The molecule has 0 radical (unpaired) electrons. The second-order valence-corrected chi connectivity index (χ2v) is 9.55. The van der Waals surface area contributed by atoms with Crippen molar-refractivity contribution in [1.29, 1.82) is 0 Å². The molecule has 3 aromatic rings. The van der Waals surface area contributed by atoms with E-state index < -0.39 is 41.9 Å². The molecule has 0 bridgehead atoms. The molecule has 1 aliphatic rings. The highest BCUT2D eigenvalue weighted by Crippen LogP contribution is 2.42. The minimum Gasteiger partial charge on any atom is -0.463 e. The van der Waals surface area contributed by atoms with Crippen LogP contribution in [0.3, 0.4) is 0 Å². The van der Waals surface area contributed by atoms with Crippen LogP contribution < -0.4 is 11.5 Å². The second kappa shape index (κ2) is 11.3. The normalized spacial score (nSPS) is 23.9. The van der Waals surface area contributed by atoms with Crippen molar-refractivity contribution in [2.75, 3.05) is 18.9 Å². The molecular formula is C26H32N6O6. The quantitative estimate of drug-likeness (QED) is 0.252. The number of aromatic nitrogens is 3. The highest BCUT2D eigenvalue weighted by molar-refractivity contribution is 5.76. The van der Waals surface area contributed by atoms with Crippen LogP contribution in [-0.2, 0) is 35.8 Å². The predicted octanol–water partition coefficient (Wildman–Crippen LogP) is 0.648. The van der Waals surface area contributed by atoms with Gasteiger partial charge < -0.3 is 30.8 Å². The average Bonchev–Trinajstić information content (AvgIpc) is 3.44. The minimum atomic E-state index is -1.56. The Bertz CT molecular complexity index is 1300. The maximum atomic E-state index is 12.8. The van der Waals surface area contributed by atoms with E-state index in [0.29, 0.717) is 11.2 Å². The van der Waals surface area contributed by atoms with Gasteiger partial charge in [-0.25, -0.2) is 9.50 Å². The van der Waals surface area contributed by atoms with Gasteiger partial charge in [-0.3, -0.25) is 14.6 Å². The maximum Gasteiger partial charge on any atom is 0.323 e. The fourth-order valence-electron chi connectivity index (χ4n) is 4.48. The van der Waals surface area contributed by atoms with E-state index in [1.165, 1.54) is 10.8 Å². The van der Waals surface area contributed by atoms with Crippen LogP contribution in [0.4, 0.5) is 5.82 Å². The molecule has 0 aliphatic carbocycles. The van der Waals surface area contributed by atoms with E-state index >= 15 is 0 Å². The number of nitrogen functional groups attached to an aromatic ring is 1. The van der Waals surface area contributed by atoms with E-state index in [0.717, 1.165) is 5.56 Å². The Balaban J connectivity index is 1.65. The number of benzene rings is 1. The van der Waals surface area contributed by atoms with Gasteiger partial charge >= 0.3 is 11.9 Å². The van der Waals surface area contributed by atoms with Crippen LogP contribution in [0, 0.1) is 5.92 Å². The minimum absolute atomic E-state index is 0.0394. The number of fused-ring (bicyclic) bond motifs is 1. The van der Waals surface area contributed by atoms with Crippen LogP contribution in [0.15, 0.2) is 53.8 Å². The van der Waals surface area contributed by atoms with Gasteiger partial charge in [-0.1, -0.05) is 44.2 Å². The zero-order valence-corrected chi connectivity index (χ0v) is 21.3. The lowest BCUT2D eigenvalue weighted by molar-refractivity contribution is -0.162. The number of esters is 2. The summed E-state index contributed by atoms with van der Waals surface area (Å²) < 4.78 is 19.0. The number of aliphatic imine (C=N–C) groups is 1. The van der Waals surface area contributed by atoms with Crippen molar-refractivity contribution in [3.05, 3.63) is 60.0 Å². The van der Waals surface area contributed by atoms with E-state index in [1.807, 2.05) is 18.2 Å². The summed E-state index contributed by atoms with van der Waals surface area (Å²) >= 11 is 0. The Morgan fingerprint density at radius 3 is 2.68 bits per heavy atom. The van der Waals surface area contributed by atoms with Crippen molar-refractivity contribution in [2.45, 2.75) is 50.2 Å². The number of aliphatic hydroxyl groups is 1. The molecule has 1 aromatic carbocycles. The summed E-state index contributed by atoms with van der Waals surface area (Å²) in [5.74, 6) is -1.22. The van der Waals surface area contributed by atoms with Gasteiger partial charge in [0.15, 0.2) is 17.5 Å². The van der Waals surface area contributed by atoms with Crippen LogP contribution in [-0.4, -0.2) is 75.9 Å². The number of anilines is 1. The SMILES string of the molecule is C=NC[C@@]1(c2ccc3c(N)ncnn23)O[C@H](COC(=O)Cc2ccccc2)[C@@H](OC(=O)[C@@H](N)C(C)C)[C@H]1O. The molecule has 2 aromatic heterocycles. The average molecular weight is 525 g/mol. The summed E-state index contributed by atoms with van der Waals surface area (Å²) in [5, 5.41) is 15.9. The zero-order chi connectivity index (χ0) is 27.4. The van der Waals surface area contributed by atoms with Crippen molar-refractivity contribution in [2.24, 2.45) is 16.6 Å². The van der Waals surface area contributed by atoms with Crippen molar-refractivity contribution in [1.82, 2.24) is 14.6 Å². The number of nitrogens with zero attached hydrogens (tertiary/aromatic N) is 4. The van der Waals surface area contributed by atoms with E-state index in [-0.39, 0.29) is 31.3 Å². The molecule has 1 saturated heterocycles. The van der Waals surface area contributed by atoms with Gasteiger partial charge in [0.2, 0.25) is 0 Å². The number of hydrogen-bond acceptors (Lipinski definition) is 11. The van der Waals surface area contributed by atoms with Gasteiger partial charge in [-0.2, -0.15) is 5.10 Å². The number of aliphatic hydroxyl groups excluding tert-OH is 1. The molecule has 202 valence electrons. The number of hydrogen-bond donors (Lipinski definition) is 3. The lowest BCUT2D eigenvalue weighted by Gasteiger charge is -2.30. The molecule has 0 unspecified atom stereocenters. The van der Waals surface area contributed by atoms with Crippen LogP contribution in [0.25, 0.3) is 5.52 Å². The molecule has 0 saturated carbocycles. The lowest BCUT2D eigenvalue weighted by Crippen LogP contribution is -2.48. The third kappa shape index (κ3) is 5.23. The molecular weight excluding hydrogens is 492 g/mol. The number of rotatable bonds is 10. The van der Waals surface area contributed by atoms with Gasteiger partial charge in [0, 0.05) is 0 Å². The van der Waals surface area contributed by atoms with Crippen LogP contribution in [0.1, 0.15) is 25.1 Å². The fraction of sp³-hybridized carbons (Fsp3) is 0.423. The second-order valence-electron chi connectivity index (χ2n) is 9.55. The molecule has 3 heterocycles. The first-order chi connectivity index (χ1) is 18.2. The molecule has 0 spiro atoms. The van der Waals surface area contributed by atoms with Crippen LogP contribution >= 0.6 is 0 Å². The van der Waals surface area contributed by atoms with Gasteiger partial charge in [0.05, 0.1) is 18.7 Å². The third-order valence-corrected chi connectivity index (χ3v) is 6.62. The van der Waals surface area contributed by atoms with Gasteiger partial charge in [0.1, 0.15) is 36.7 Å². The third-order valence-electron chi connectivity index (χ3n) is 6.62. The predicted molar refractivity (Wildman–Crippen MR) is 138 cm³/mol. The Morgan fingerprint density at radius 1 is 1.26 bits per heavy atom. The van der Waals surface area contributed by atoms with Crippen LogP contribution in [0.2, 0.25) is 0 Å². The van der Waals surface area contributed by atoms with E-state index in [4.69, 9.17) is 25.7 Å². The molecule has 1 aliphatic heterocycles. The lowest BCUT2D eigenvalue weighted by atomic mass is 9.90. The first-order valence-electron chi connectivity index (χ1n) is 12.2. The topological polar surface area (TPSA) is 177 Å². The van der Waals surface area contributed by atoms with Crippen molar-refractivity contribution >= 4 is 30.0 Å².